The number of rotatable bonds is 2. The molecule has 3 rings (SSSR count). The van der Waals surface area contributed by atoms with Gasteiger partial charge >= 0.3 is 0 Å². The van der Waals surface area contributed by atoms with E-state index in [4.69, 9.17) is 4.52 Å². The third-order valence-electron chi connectivity index (χ3n) is 3.50. The van der Waals surface area contributed by atoms with Crippen molar-refractivity contribution in [1.82, 2.24) is 20.0 Å². The standard InChI is InChI=1S/C14H16N4O2/c1-9-3-5-15-13(16-9)11-4-6-18(8-11)14(19)12-7-10(2)20-17-12/h3,5,7,11H,4,6,8H2,1-2H3. The van der Waals surface area contributed by atoms with E-state index in [1.54, 1.807) is 24.1 Å². The van der Waals surface area contributed by atoms with Gasteiger partial charge in [-0.25, -0.2) is 9.97 Å². The molecule has 1 aliphatic rings. The fraction of sp³-hybridized carbons (Fsp3) is 0.429. The molecule has 1 unspecified atom stereocenters. The Kier molecular flexibility index (Phi) is 3.22. The van der Waals surface area contributed by atoms with Crippen LogP contribution in [0.3, 0.4) is 0 Å². The van der Waals surface area contributed by atoms with Gasteiger partial charge in [-0.05, 0) is 26.3 Å². The van der Waals surface area contributed by atoms with Gasteiger partial charge in [0.1, 0.15) is 11.6 Å². The minimum absolute atomic E-state index is 0.0861. The number of aromatic nitrogens is 3. The largest absolute Gasteiger partial charge is 0.361 e. The Morgan fingerprint density at radius 2 is 2.30 bits per heavy atom. The lowest BCUT2D eigenvalue weighted by molar-refractivity contribution is 0.0780. The van der Waals surface area contributed by atoms with Gasteiger partial charge in [-0.1, -0.05) is 5.16 Å². The molecule has 0 radical (unpaired) electrons. The molecule has 0 spiro atoms. The first-order chi connectivity index (χ1) is 9.63. The Bertz CT molecular complexity index is 638. The van der Waals surface area contributed by atoms with Crippen LogP contribution in [0.4, 0.5) is 0 Å². The van der Waals surface area contributed by atoms with Crippen molar-refractivity contribution in [2.45, 2.75) is 26.2 Å². The van der Waals surface area contributed by atoms with Gasteiger partial charge in [-0.2, -0.15) is 0 Å². The second-order valence-electron chi connectivity index (χ2n) is 5.12. The minimum atomic E-state index is -0.0861. The summed E-state index contributed by atoms with van der Waals surface area (Å²) in [7, 11) is 0. The molecule has 3 heterocycles. The highest BCUT2D eigenvalue weighted by atomic mass is 16.5. The van der Waals surface area contributed by atoms with Crippen LogP contribution in [0.25, 0.3) is 0 Å². The van der Waals surface area contributed by atoms with E-state index in [1.165, 1.54) is 0 Å². The average molecular weight is 272 g/mol. The van der Waals surface area contributed by atoms with Crippen molar-refractivity contribution in [3.8, 4) is 0 Å². The summed E-state index contributed by atoms with van der Waals surface area (Å²) >= 11 is 0. The number of hydrogen-bond acceptors (Lipinski definition) is 5. The van der Waals surface area contributed by atoms with Gasteiger partial charge in [0.25, 0.3) is 5.91 Å². The first kappa shape index (κ1) is 12.8. The quantitative estimate of drug-likeness (QED) is 0.832. The van der Waals surface area contributed by atoms with Crippen molar-refractivity contribution >= 4 is 5.91 Å². The lowest BCUT2D eigenvalue weighted by Gasteiger charge is -2.14. The zero-order chi connectivity index (χ0) is 14.1. The number of carbonyl (C=O) groups excluding carboxylic acids is 1. The van der Waals surface area contributed by atoms with Crippen LogP contribution in [-0.4, -0.2) is 39.0 Å². The number of hydrogen-bond donors (Lipinski definition) is 0. The van der Waals surface area contributed by atoms with Crippen molar-refractivity contribution in [3.63, 3.8) is 0 Å². The maximum Gasteiger partial charge on any atom is 0.276 e. The van der Waals surface area contributed by atoms with E-state index in [2.05, 4.69) is 15.1 Å². The summed E-state index contributed by atoms with van der Waals surface area (Å²) in [4.78, 5) is 22.8. The molecule has 0 N–H and O–H groups in total. The predicted molar refractivity (Wildman–Crippen MR) is 71.3 cm³/mol. The van der Waals surface area contributed by atoms with E-state index in [1.807, 2.05) is 13.0 Å². The van der Waals surface area contributed by atoms with Crippen LogP contribution in [0.2, 0.25) is 0 Å². The van der Waals surface area contributed by atoms with Gasteiger partial charge in [0.2, 0.25) is 0 Å². The van der Waals surface area contributed by atoms with Crippen LogP contribution < -0.4 is 0 Å². The molecule has 104 valence electrons. The molecule has 0 aliphatic carbocycles. The SMILES string of the molecule is Cc1ccnc(C2CCN(C(=O)c3cc(C)on3)C2)n1. The Morgan fingerprint density at radius 1 is 1.45 bits per heavy atom. The number of nitrogens with zero attached hydrogens (tertiary/aromatic N) is 4. The molecule has 6 heteroatoms. The molecule has 1 saturated heterocycles. The smallest absolute Gasteiger partial charge is 0.276 e. The van der Waals surface area contributed by atoms with Crippen molar-refractivity contribution < 1.29 is 9.32 Å². The summed E-state index contributed by atoms with van der Waals surface area (Å²) < 4.78 is 4.95. The van der Waals surface area contributed by atoms with Gasteiger partial charge in [-0.3, -0.25) is 4.79 Å². The molecule has 20 heavy (non-hydrogen) atoms. The van der Waals surface area contributed by atoms with E-state index in [-0.39, 0.29) is 11.8 Å². The summed E-state index contributed by atoms with van der Waals surface area (Å²) in [5.74, 6) is 1.58. The van der Waals surface area contributed by atoms with Crippen molar-refractivity contribution in [3.05, 3.63) is 41.3 Å². The molecule has 1 amide bonds. The molecular weight excluding hydrogens is 256 g/mol. The van der Waals surface area contributed by atoms with Gasteiger partial charge in [-0.15, -0.1) is 0 Å². The Balaban J connectivity index is 1.72. The summed E-state index contributed by atoms with van der Waals surface area (Å²) in [6.45, 7) is 5.05. The lowest BCUT2D eigenvalue weighted by Crippen LogP contribution is -2.28. The molecule has 1 fully saturated rings. The highest BCUT2D eigenvalue weighted by Gasteiger charge is 2.30. The van der Waals surface area contributed by atoms with Crippen LogP contribution in [0, 0.1) is 13.8 Å². The Hall–Kier alpha value is -2.24. The summed E-state index contributed by atoms with van der Waals surface area (Å²) in [6.07, 6.45) is 2.65. The summed E-state index contributed by atoms with van der Waals surface area (Å²) in [5, 5.41) is 3.77. The third-order valence-corrected chi connectivity index (χ3v) is 3.50. The maximum absolute atomic E-state index is 12.3. The Labute approximate surface area is 116 Å². The van der Waals surface area contributed by atoms with Crippen LogP contribution in [0.5, 0.6) is 0 Å². The highest BCUT2D eigenvalue weighted by Crippen LogP contribution is 2.25. The van der Waals surface area contributed by atoms with Gasteiger partial charge in [0.15, 0.2) is 5.69 Å². The zero-order valence-corrected chi connectivity index (χ0v) is 11.5. The molecule has 2 aromatic heterocycles. The molecule has 1 atom stereocenters. The van der Waals surface area contributed by atoms with Crippen molar-refractivity contribution in [1.29, 1.82) is 0 Å². The molecular formula is C14H16N4O2. The molecule has 6 nitrogen and oxygen atoms in total. The third kappa shape index (κ3) is 2.41. The number of likely N-dealkylation sites (tertiary alicyclic amines) is 1. The number of amides is 1. The Morgan fingerprint density at radius 3 is 3.00 bits per heavy atom. The molecule has 0 saturated carbocycles. The average Bonchev–Trinajstić information content (AvgIpc) is 3.07. The van der Waals surface area contributed by atoms with Crippen LogP contribution in [0.1, 0.15) is 40.1 Å². The normalized spacial score (nSPS) is 18.5. The first-order valence-electron chi connectivity index (χ1n) is 6.65. The van der Waals surface area contributed by atoms with E-state index in [0.29, 0.717) is 24.5 Å². The van der Waals surface area contributed by atoms with Crippen molar-refractivity contribution in [2.24, 2.45) is 0 Å². The fourth-order valence-electron chi connectivity index (χ4n) is 2.45. The van der Waals surface area contributed by atoms with E-state index in [0.717, 1.165) is 17.9 Å². The second kappa shape index (κ2) is 5.03. The fourth-order valence-corrected chi connectivity index (χ4v) is 2.45. The molecule has 1 aliphatic heterocycles. The maximum atomic E-state index is 12.3. The predicted octanol–water partition coefficient (Wildman–Crippen LogP) is 1.71. The van der Waals surface area contributed by atoms with Gasteiger partial charge in [0.05, 0.1) is 0 Å². The van der Waals surface area contributed by atoms with E-state index >= 15 is 0 Å². The molecule has 0 aromatic carbocycles. The topological polar surface area (TPSA) is 72.1 Å². The van der Waals surface area contributed by atoms with Crippen LogP contribution in [0.15, 0.2) is 22.9 Å². The van der Waals surface area contributed by atoms with Crippen LogP contribution in [-0.2, 0) is 0 Å². The van der Waals surface area contributed by atoms with E-state index in [9.17, 15) is 4.79 Å². The number of aryl methyl sites for hydroxylation is 2. The zero-order valence-electron chi connectivity index (χ0n) is 11.5. The highest BCUT2D eigenvalue weighted by molar-refractivity contribution is 5.92. The van der Waals surface area contributed by atoms with Gasteiger partial charge in [0, 0.05) is 37.0 Å². The monoisotopic (exact) mass is 272 g/mol. The summed E-state index contributed by atoms with van der Waals surface area (Å²) in [6, 6.07) is 3.54. The van der Waals surface area contributed by atoms with Crippen molar-refractivity contribution in [2.75, 3.05) is 13.1 Å². The summed E-state index contributed by atoms with van der Waals surface area (Å²) in [5.41, 5.74) is 1.32. The second-order valence-corrected chi connectivity index (χ2v) is 5.12. The van der Waals surface area contributed by atoms with Gasteiger partial charge < -0.3 is 9.42 Å². The van der Waals surface area contributed by atoms with Crippen LogP contribution >= 0.6 is 0 Å². The lowest BCUT2D eigenvalue weighted by atomic mass is 10.1. The molecule has 0 bridgehead atoms. The number of carbonyl (C=O) groups is 1. The minimum Gasteiger partial charge on any atom is -0.361 e. The molecule has 2 aromatic rings. The first-order valence-corrected chi connectivity index (χ1v) is 6.65. The van der Waals surface area contributed by atoms with E-state index < -0.39 is 0 Å².